The Kier molecular flexibility index (Phi) is 6.39. The number of nitrogens with one attached hydrogen (secondary N) is 1. The predicted octanol–water partition coefficient (Wildman–Crippen LogP) is 0.274. The smallest absolute Gasteiger partial charge is 0.325 e. The number of nitrogens with zero attached hydrogens (tertiary/aromatic N) is 3. The van der Waals surface area contributed by atoms with E-state index in [4.69, 9.17) is 4.74 Å². The Morgan fingerprint density at radius 3 is 2.77 bits per heavy atom. The molecule has 0 saturated carbocycles. The lowest BCUT2D eigenvalue weighted by molar-refractivity contribution is -0.143. The Morgan fingerprint density at radius 1 is 1.36 bits per heavy atom. The minimum absolute atomic E-state index is 0.0518. The lowest BCUT2D eigenvalue weighted by Gasteiger charge is -2.31. The maximum absolute atomic E-state index is 11.8. The standard InChI is InChI=1S/C15H24N4O3/c1-2-22-15(21)9-17-14(20)11-18-6-3-13(4-7-18)10-19-8-5-16-12-19/h5,8,12-13H,2-4,6-7,9-11H2,1H3,(H,17,20). The molecule has 2 rings (SSSR count). The SMILES string of the molecule is CCOC(=O)CNC(=O)CN1CCC(Cn2ccnc2)CC1. The number of ether oxygens (including phenoxy) is 1. The van der Waals surface area contributed by atoms with Gasteiger partial charge in [-0.15, -0.1) is 0 Å². The average Bonchev–Trinajstić information content (AvgIpc) is 3.00. The monoisotopic (exact) mass is 308 g/mol. The highest BCUT2D eigenvalue weighted by molar-refractivity contribution is 5.83. The molecule has 7 heteroatoms. The number of carbonyl (C=O) groups is 2. The second kappa shape index (κ2) is 8.53. The van der Waals surface area contributed by atoms with Crippen LogP contribution in [0.3, 0.4) is 0 Å². The maximum Gasteiger partial charge on any atom is 0.325 e. The van der Waals surface area contributed by atoms with Crippen molar-refractivity contribution >= 4 is 11.9 Å². The van der Waals surface area contributed by atoms with Crippen LogP contribution in [0.15, 0.2) is 18.7 Å². The zero-order chi connectivity index (χ0) is 15.8. The predicted molar refractivity (Wildman–Crippen MR) is 81.0 cm³/mol. The van der Waals surface area contributed by atoms with E-state index in [2.05, 4.69) is 19.8 Å². The van der Waals surface area contributed by atoms with Gasteiger partial charge >= 0.3 is 5.97 Å². The van der Waals surface area contributed by atoms with Crippen molar-refractivity contribution in [3.05, 3.63) is 18.7 Å². The number of piperidine rings is 1. The van der Waals surface area contributed by atoms with E-state index in [9.17, 15) is 9.59 Å². The minimum atomic E-state index is -0.394. The van der Waals surface area contributed by atoms with E-state index in [1.165, 1.54) is 0 Å². The first-order valence-corrected chi connectivity index (χ1v) is 7.77. The van der Waals surface area contributed by atoms with Crippen LogP contribution in [0.1, 0.15) is 19.8 Å². The van der Waals surface area contributed by atoms with Gasteiger partial charge in [0, 0.05) is 18.9 Å². The number of hydrogen-bond donors (Lipinski definition) is 1. The summed E-state index contributed by atoms with van der Waals surface area (Å²) in [7, 11) is 0. The minimum Gasteiger partial charge on any atom is -0.465 e. The summed E-state index contributed by atoms with van der Waals surface area (Å²) < 4.78 is 6.88. The van der Waals surface area contributed by atoms with Crippen molar-refractivity contribution in [2.75, 3.05) is 32.8 Å². The summed E-state index contributed by atoms with van der Waals surface area (Å²) in [5.74, 6) is 0.115. The number of amides is 1. The van der Waals surface area contributed by atoms with Gasteiger partial charge in [0.25, 0.3) is 0 Å². The molecule has 1 aromatic heterocycles. The molecule has 7 nitrogen and oxygen atoms in total. The van der Waals surface area contributed by atoms with Crippen LogP contribution >= 0.6 is 0 Å². The van der Waals surface area contributed by atoms with Crippen LogP contribution in [0.25, 0.3) is 0 Å². The van der Waals surface area contributed by atoms with E-state index in [0.717, 1.165) is 32.5 Å². The summed E-state index contributed by atoms with van der Waals surface area (Å²) in [6.07, 6.45) is 7.76. The van der Waals surface area contributed by atoms with E-state index in [0.29, 0.717) is 19.1 Å². The Balaban J connectivity index is 1.62. The van der Waals surface area contributed by atoms with E-state index in [-0.39, 0.29) is 12.5 Å². The fraction of sp³-hybridized carbons (Fsp3) is 0.667. The van der Waals surface area contributed by atoms with Crippen molar-refractivity contribution in [3.63, 3.8) is 0 Å². The molecule has 1 aromatic rings. The lowest BCUT2D eigenvalue weighted by atomic mass is 9.97. The third kappa shape index (κ3) is 5.48. The highest BCUT2D eigenvalue weighted by Crippen LogP contribution is 2.18. The van der Waals surface area contributed by atoms with Gasteiger partial charge in [0.15, 0.2) is 0 Å². The molecule has 2 heterocycles. The fourth-order valence-electron chi connectivity index (χ4n) is 2.66. The molecule has 1 N–H and O–H groups in total. The van der Waals surface area contributed by atoms with Crippen molar-refractivity contribution in [2.24, 2.45) is 5.92 Å². The van der Waals surface area contributed by atoms with Crippen molar-refractivity contribution in [2.45, 2.75) is 26.3 Å². The molecule has 1 amide bonds. The van der Waals surface area contributed by atoms with E-state index in [1.807, 2.05) is 12.5 Å². The first kappa shape index (κ1) is 16.5. The first-order chi connectivity index (χ1) is 10.7. The molecule has 0 unspecified atom stereocenters. The highest BCUT2D eigenvalue weighted by atomic mass is 16.5. The van der Waals surface area contributed by atoms with Gasteiger partial charge in [0.1, 0.15) is 6.54 Å². The Bertz CT molecular complexity index is 467. The summed E-state index contributed by atoms with van der Waals surface area (Å²) in [5, 5.41) is 2.59. The lowest BCUT2D eigenvalue weighted by Crippen LogP contribution is -2.43. The van der Waals surface area contributed by atoms with Gasteiger partial charge in [-0.25, -0.2) is 4.98 Å². The summed E-state index contributed by atoms with van der Waals surface area (Å²) >= 11 is 0. The Labute approximate surface area is 130 Å². The molecule has 0 atom stereocenters. The number of aromatic nitrogens is 2. The largest absolute Gasteiger partial charge is 0.465 e. The van der Waals surface area contributed by atoms with Gasteiger partial charge in [0.2, 0.25) is 5.91 Å². The third-order valence-electron chi connectivity index (χ3n) is 3.84. The molecule has 122 valence electrons. The van der Waals surface area contributed by atoms with Crippen molar-refractivity contribution in [1.82, 2.24) is 19.8 Å². The van der Waals surface area contributed by atoms with Crippen molar-refractivity contribution in [1.29, 1.82) is 0 Å². The second-order valence-electron chi connectivity index (χ2n) is 5.56. The van der Waals surface area contributed by atoms with Gasteiger partial charge in [-0.05, 0) is 38.8 Å². The normalized spacial score (nSPS) is 16.4. The van der Waals surface area contributed by atoms with Crippen molar-refractivity contribution in [3.8, 4) is 0 Å². The van der Waals surface area contributed by atoms with E-state index < -0.39 is 5.97 Å². The molecule has 1 fully saturated rings. The third-order valence-corrected chi connectivity index (χ3v) is 3.84. The maximum atomic E-state index is 11.8. The van der Waals surface area contributed by atoms with Crippen LogP contribution in [0.2, 0.25) is 0 Å². The molecular formula is C15H24N4O3. The number of imidazole rings is 1. The molecule has 0 aromatic carbocycles. The van der Waals surface area contributed by atoms with E-state index >= 15 is 0 Å². The zero-order valence-electron chi connectivity index (χ0n) is 13.0. The highest BCUT2D eigenvalue weighted by Gasteiger charge is 2.21. The van der Waals surface area contributed by atoms with E-state index in [1.54, 1.807) is 13.1 Å². The van der Waals surface area contributed by atoms with Crippen molar-refractivity contribution < 1.29 is 14.3 Å². The Hall–Kier alpha value is -1.89. The van der Waals surface area contributed by atoms with Crippen LogP contribution in [0, 0.1) is 5.92 Å². The summed E-state index contributed by atoms with van der Waals surface area (Å²) in [4.78, 5) is 29.1. The molecular weight excluding hydrogens is 284 g/mol. The van der Waals surface area contributed by atoms with Gasteiger partial charge in [0.05, 0.1) is 19.5 Å². The van der Waals surface area contributed by atoms with Gasteiger partial charge in [-0.3, -0.25) is 14.5 Å². The van der Waals surface area contributed by atoms with Crippen LogP contribution in [-0.4, -0.2) is 59.1 Å². The van der Waals surface area contributed by atoms with Gasteiger partial charge < -0.3 is 14.6 Å². The number of carbonyl (C=O) groups excluding carboxylic acids is 2. The molecule has 0 aliphatic carbocycles. The quantitative estimate of drug-likeness (QED) is 0.732. The zero-order valence-corrected chi connectivity index (χ0v) is 13.0. The molecule has 0 bridgehead atoms. The molecule has 0 radical (unpaired) electrons. The molecule has 1 aliphatic rings. The Morgan fingerprint density at radius 2 is 2.14 bits per heavy atom. The van der Waals surface area contributed by atoms with Gasteiger partial charge in [-0.2, -0.15) is 0 Å². The van der Waals surface area contributed by atoms with Crippen LogP contribution in [-0.2, 0) is 20.9 Å². The molecule has 1 aliphatic heterocycles. The molecule has 22 heavy (non-hydrogen) atoms. The number of esters is 1. The van der Waals surface area contributed by atoms with Crippen LogP contribution in [0.4, 0.5) is 0 Å². The van der Waals surface area contributed by atoms with Crippen LogP contribution < -0.4 is 5.32 Å². The second-order valence-corrected chi connectivity index (χ2v) is 5.56. The summed E-state index contributed by atoms with van der Waals surface area (Å²) in [6.45, 7) is 5.18. The summed E-state index contributed by atoms with van der Waals surface area (Å²) in [5.41, 5.74) is 0. The molecule has 1 saturated heterocycles. The number of hydrogen-bond acceptors (Lipinski definition) is 5. The first-order valence-electron chi connectivity index (χ1n) is 7.77. The number of likely N-dealkylation sites (tertiary alicyclic amines) is 1. The van der Waals surface area contributed by atoms with Gasteiger partial charge in [-0.1, -0.05) is 0 Å². The summed E-state index contributed by atoms with van der Waals surface area (Å²) in [6, 6.07) is 0. The fourth-order valence-corrected chi connectivity index (χ4v) is 2.66. The number of rotatable bonds is 7. The van der Waals surface area contributed by atoms with Crippen LogP contribution in [0.5, 0.6) is 0 Å². The topological polar surface area (TPSA) is 76.5 Å². The average molecular weight is 308 g/mol. The molecule has 0 spiro atoms.